The van der Waals surface area contributed by atoms with Gasteiger partial charge in [-0.3, -0.25) is 4.98 Å². The molecule has 4 rings (SSSR count). The maximum Gasteiger partial charge on any atom is 0.417 e. The maximum atomic E-state index is 11.4. The van der Waals surface area contributed by atoms with Gasteiger partial charge < -0.3 is 19.5 Å². The number of H-pyrrole nitrogens is 1. The van der Waals surface area contributed by atoms with E-state index >= 15 is 0 Å². The fraction of sp³-hybridized carbons (Fsp3) is 0.167. The van der Waals surface area contributed by atoms with Crippen molar-refractivity contribution in [1.29, 1.82) is 0 Å². The average Bonchev–Trinajstić information content (AvgIpc) is 3.10. The molecule has 24 heavy (non-hydrogen) atoms. The van der Waals surface area contributed by atoms with E-state index in [0.717, 1.165) is 34.5 Å². The first-order valence-corrected chi connectivity index (χ1v) is 7.71. The third kappa shape index (κ3) is 2.00. The molecule has 4 aromatic rings. The Hall–Kier alpha value is -3.15. The number of nitrogens with two attached hydrogens (primary N) is 1. The predicted molar refractivity (Wildman–Crippen MR) is 94.4 cm³/mol. The predicted octanol–water partition coefficient (Wildman–Crippen LogP) is 3.35. The van der Waals surface area contributed by atoms with Gasteiger partial charge in [-0.05, 0) is 37.3 Å². The summed E-state index contributed by atoms with van der Waals surface area (Å²) in [4.78, 5) is 14.1. The summed E-state index contributed by atoms with van der Waals surface area (Å²) >= 11 is 0. The first kappa shape index (κ1) is 14.4. The summed E-state index contributed by atoms with van der Waals surface area (Å²) in [7, 11) is 1.65. The van der Waals surface area contributed by atoms with Crippen molar-refractivity contribution in [1.82, 2.24) is 9.55 Å². The molecule has 0 radical (unpaired) electrons. The number of ether oxygens (including phenoxy) is 1. The highest BCUT2D eigenvalue weighted by atomic mass is 16.5. The van der Waals surface area contributed by atoms with E-state index < -0.39 is 5.76 Å². The van der Waals surface area contributed by atoms with Gasteiger partial charge in [-0.15, -0.1) is 0 Å². The van der Waals surface area contributed by atoms with Crippen LogP contribution in [0.1, 0.15) is 6.92 Å². The quantitative estimate of drug-likeness (QED) is 0.605. The van der Waals surface area contributed by atoms with Crippen LogP contribution in [0.2, 0.25) is 0 Å². The first-order valence-electron chi connectivity index (χ1n) is 7.71. The number of nitrogens with zero attached hydrogens (tertiary/aromatic N) is 1. The molecule has 2 heterocycles. The lowest BCUT2D eigenvalue weighted by Crippen LogP contribution is -1.98. The number of fused-ring (bicyclic) bond motifs is 2. The van der Waals surface area contributed by atoms with Gasteiger partial charge in [0.15, 0.2) is 5.58 Å². The minimum Gasteiger partial charge on any atom is -0.497 e. The molecule has 0 aliphatic heterocycles. The molecule has 0 fully saturated rings. The van der Waals surface area contributed by atoms with Crippen LogP contribution >= 0.6 is 0 Å². The lowest BCUT2D eigenvalue weighted by Gasteiger charge is -2.09. The van der Waals surface area contributed by atoms with Crippen LogP contribution in [0.5, 0.6) is 5.75 Å². The maximum absolute atomic E-state index is 11.4. The van der Waals surface area contributed by atoms with Gasteiger partial charge in [-0.1, -0.05) is 0 Å². The van der Waals surface area contributed by atoms with Gasteiger partial charge in [0.1, 0.15) is 5.75 Å². The third-order valence-corrected chi connectivity index (χ3v) is 4.32. The molecule has 0 saturated carbocycles. The van der Waals surface area contributed by atoms with Gasteiger partial charge in [0.05, 0.1) is 29.5 Å². The number of rotatable bonds is 3. The van der Waals surface area contributed by atoms with Crippen molar-refractivity contribution in [3.63, 3.8) is 0 Å². The average molecular weight is 323 g/mol. The van der Waals surface area contributed by atoms with Gasteiger partial charge in [0, 0.05) is 23.6 Å². The van der Waals surface area contributed by atoms with Gasteiger partial charge in [0.2, 0.25) is 0 Å². The second kappa shape index (κ2) is 5.19. The minimum atomic E-state index is -0.462. The molecular weight excluding hydrogens is 306 g/mol. The molecule has 0 atom stereocenters. The number of methoxy groups -OCH3 is 1. The van der Waals surface area contributed by atoms with Crippen molar-refractivity contribution >= 4 is 27.7 Å². The summed E-state index contributed by atoms with van der Waals surface area (Å²) in [5.74, 6) is 0.326. The van der Waals surface area contributed by atoms with Crippen LogP contribution in [0.3, 0.4) is 0 Å². The number of aryl methyl sites for hydroxylation is 1. The second-order valence-electron chi connectivity index (χ2n) is 5.62. The van der Waals surface area contributed by atoms with Crippen LogP contribution in [-0.4, -0.2) is 16.7 Å². The molecule has 2 aromatic carbocycles. The Bertz CT molecular complexity index is 1120. The van der Waals surface area contributed by atoms with Crippen molar-refractivity contribution < 1.29 is 9.15 Å². The van der Waals surface area contributed by atoms with E-state index in [4.69, 9.17) is 14.9 Å². The molecular formula is C18H17N3O3. The normalized spacial score (nSPS) is 11.4. The molecule has 0 aliphatic carbocycles. The number of benzene rings is 2. The van der Waals surface area contributed by atoms with E-state index in [2.05, 4.69) is 16.5 Å². The highest BCUT2D eigenvalue weighted by molar-refractivity contribution is 6.02. The number of anilines is 1. The molecule has 0 saturated heterocycles. The number of oxazole rings is 1. The summed E-state index contributed by atoms with van der Waals surface area (Å²) in [6, 6.07) is 11.4. The van der Waals surface area contributed by atoms with Gasteiger partial charge >= 0.3 is 5.76 Å². The molecule has 3 N–H and O–H groups in total. The summed E-state index contributed by atoms with van der Waals surface area (Å²) in [5.41, 5.74) is 11.2. The topological polar surface area (TPSA) is 86.2 Å². The zero-order valence-electron chi connectivity index (χ0n) is 13.4. The number of hydrogen-bond acceptors (Lipinski definition) is 4. The number of aromatic nitrogens is 2. The number of nitrogens with one attached hydrogen (secondary N) is 1. The molecule has 2 aromatic heterocycles. The monoisotopic (exact) mass is 323 g/mol. The molecule has 0 unspecified atom stereocenters. The SMILES string of the molecule is CCn1c(-c2ccc3oc(=O)[nH]c3c2)c(N)c2ccc(OC)cc21. The first-order chi connectivity index (χ1) is 11.6. The highest BCUT2D eigenvalue weighted by Gasteiger charge is 2.17. The molecule has 0 amide bonds. The van der Waals surface area contributed by atoms with Crippen LogP contribution in [0.4, 0.5) is 5.69 Å². The van der Waals surface area contributed by atoms with Crippen molar-refractivity contribution in [2.24, 2.45) is 0 Å². The number of nitrogen functional groups attached to an aromatic ring is 1. The standard InChI is InChI=1S/C18H17N3O3/c1-3-21-14-9-11(23-2)5-6-12(14)16(19)17(21)10-4-7-15-13(8-10)20-18(22)24-15/h4-9H,3,19H2,1-2H3,(H,20,22). The van der Waals surface area contributed by atoms with Crippen LogP contribution in [-0.2, 0) is 6.54 Å². The zero-order valence-corrected chi connectivity index (χ0v) is 13.4. The molecule has 122 valence electrons. The summed E-state index contributed by atoms with van der Waals surface area (Å²) in [6.45, 7) is 2.83. The molecule has 0 spiro atoms. The Morgan fingerprint density at radius 2 is 2.08 bits per heavy atom. The Labute approximate surface area is 137 Å². The van der Waals surface area contributed by atoms with E-state index in [0.29, 0.717) is 16.8 Å². The number of hydrogen-bond donors (Lipinski definition) is 2. The smallest absolute Gasteiger partial charge is 0.417 e. The van der Waals surface area contributed by atoms with Crippen molar-refractivity contribution in [3.05, 3.63) is 46.9 Å². The minimum absolute atomic E-state index is 0.462. The number of aromatic amines is 1. The van der Waals surface area contributed by atoms with Crippen molar-refractivity contribution in [2.45, 2.75) is 13.5 Å². The van der Waals surface area contributed by atoms with Crippen molar-refractivity contribution in [3.8, 4) is 17.0 Å². The largest absolute Gasteiger partial charge is 0.497 e. The van der Waals surface area contributed by atoms with Gasteiger partial charge in [-0.2, -0.15) is 0 Å². The summed E-state index contributed by atoms with van der Waals surface area (Å²) in [5, 5.41) is 0.980. The lowest BCUT2D eigenvalue weighted by atomic mass is 10.1. The van der Waals surface area contributed by atoms with E-state index in [-0.39, 0.29) is 0 Å². The molecule has 0 bridgehead atoms. The highest BCUT2D eigenvalue weighted by Crippen LogP contribution is 2.38. The molecule has 0 aliphatic rings. The van der Waals surface area contributed by atoms with E-state index in [1.807, 2.05) is 30.3 Å². The molecule has 6 nitrogen and oxygen atoms in total. The fourth-order valence-corrected chi connectivity index (χ4v) is 3.22. The fourth-order valence-electron chi connectivity index (χ4n) is 3.22. The lowest BCUT2D eigenvalue weighted by molar-refractivity contribution is 0.415. The summed E-state index contributed by atoms with van der Waals surface area (Å²) in [6.07, 6.45) is 0. The van der Waals surface area contributed by atoms with Crippen LogP contribution in [0.25, 0.3) is 33.3 Å². The van der Waals surface area contributed by atoms with Gasteiger partial charge in [-0.25, -0.2) is 4.79 Å². The Morgan fingerprint density at radius 3 is 2.83 bits per heavy atom. The Morgan fingerprint density at radius 1 is 1.25 bits per heavy atom. The molecule has 6 heteroatoms. The van der Waals surface area contributed by atoms with Crippen LogP contribution in [0.15, 0.2) is 45.6 Å². The zero-order chi connectivity index (χ0) is 16.8. The van der Waals surface area contributed by atoms with E-state index in [9.17, 15) is 4.79 Å². The van der Waals surface area contributed by atoms with Crippen LogP contribution < -0.4 is 16.2 Å². The second-order valence-corrected chi connectivity index (χ2v) is 5.62. The summed E-state index contributed by atoms with van der Waals surface area (Å²) < 4.78 is 12.5. The van der Waals surface area contributed by atoms with Gasteiger partial charge in [0.25, 0.3) is 0 Å². The van der Waals surface area contributed by atoms with E-state index in [1.165, 1.54) is 0 Å². The Kier molecular flexibility index (Phi) is 3.13. The Balaban J connectivity index is 2.03. The van der Waals surface area contributed by atoms with Crippen molar-refractivity contribution in [2.75, 3.05) is 12.8 Å². The van der Waals surface area contributed by atoms with Crippen LogP contribution in [0, 0.1) is 0 Å². The van der Waals surface area contributed by atoms with E-state index in [1.54, 1.807) is 13.2 Å². The third-order valence-electron chi connectivity index (χ3n) is 4.32.